The van der Waals surface area contributed by atoms with Crippen LogP contribution in [0.5, 0.6) is 0 Å². The number of aromatic amines is 2. The number of carbonyl (C=O) groups is 1. The van der Waals surface area contributed by atoms with E-state index in [9.17, 15) is 4.79 Å². The number of carbonyl (C=O) groups excluding carboxylic acids is 1. The van der Waals surface area contributed by atoms with Crippen molar-refractivity contribution in [1.29, 1.82) is 0 Å². The summed E-state index contributed by atoms with van der Waals surface area (Å²) in [5.41, 5.74) is 2.07. The lowest BCUT2D eigenvalue weighted by Gasteiger charge is -1.76. The van der Waals surface area contributed by atoms with E-state index in [1.165, 1.54) is 0 Å². The fourth-order valence-corrected chi connectivity index (χ4v) is 0.932. The third kappa shape index (κ3) is 0.500. The number of hydrogen-bond acceptors (Lipinski definition) is 2. The van der Waals surface area contributed by atoms with Gasteiger partial charge in [0, 0.05) is 6.20 Å². The average Bonchev–Trinajstić information content (AvgIpc) is 2.44. The van der Waals surface area contributed by atoms with Gasteiger partial charge in [-0.05, 0) is 6.07 Å². The minimum absolute atomic E-state index is 0.500. The summed E-state index contributed by atoms with van der Waals surface area (Å²) in [6.45, 7) is 0. The topological polar surface area (TPSA) is 61.5 Å². The summed E-state index contributed by atoms with van der Waals surface area (Å²) in [6.07, 6.45) is 2.49. The number of H-pyrrole nitrogens is 2. The molecular weight excluding hydrogens is 130 g/mol. The van der Waals surface area contributed by atoms with Gasteiger partial charge in [-0.2, -0.15) is 5.10 Å². The number of nitrogens with zero attached hydrogens (tertiary/aromatic N) is 1. The van der Waals surface area contributed by atoms with Crippen LogP contribution in [0.4, 0.5) is 0 Å². The summed E-state index contributed by atoms with van der Waals surface area (Å²) in [7, 11) is 0. The highest BCUT2D eigenvalue weighted by Gasteiger charge is 2.02. The molecule has 2 heterocycles. The van der Waals surface area contributed by atoms with Gasteiger partial charge in [-0.25, -0.2) is 0 Å². The smallest absolute Gasteiger partial charge is 0.170 e. The van der Waals surface area contributed by atoms with Gasteiger partial charge in [-0.15, -0.1) is 0 Å². The van der Waals surface area contributed by atoms with Gasteiger partial charge in [0.15, 0.2) is 6.29 Å². The van der Waals surface area contributed by atoms with Crippen molar-refractivity contribution in [2.45, 2.75) is 0 Å². The van der Waals surface area contributed by atoms with Crippen molar-refractivity contribution in [2.24, 2.45) is 0 Å². The molecule has 4 nitrogen and oxygen atoms in total. The Bertz CT molecular complexity index is 360. The number of rotatable bonds is 1. The normalized spacial score (nSPS) is 10.4. The zero-order chi connectivity index (χ0) is 6.97. The summed E-state index contributed by atoms with van der Waals surface area (Å²) in [5.74, 6) is 0. The number of fused-ring (bicyclic) bond motifs is 1. The van der Waals surface area contributed by atoms with E-state index in [0.29, 0.717) is 5.69 Å². The first-order valence-corrected chi connectivity index (χ1v) is 2.88. The van der Waals surface area contributed by atoms with Crippen molar-refractivity contribution in [1.82, 2.24) is 15.2 Å². The Morgan fingerprint density at radius 2 is 2.50 bits per heavy atom. The van der Waals surface area contributed by atoms with Crippen LogP contribution in [0.2, 0.25) is 0 Å². The Kier molecular flexibility index (Phi) is 0.887. The molecular formula is C6H5N3O. The van der Waals surface area contributed by atoms with Crippen molar-refractivity contribution in [3.63, 3.8) is 0 Å². The molecule has 0 saturated carbocycles. The maximum absolute atomic E-state index is 10.3. The Balaban J connectivity index is 2.88. The van der Waals surface area contributed by atoms with Gasteiger partial charge in [0.05, 0.1) is 5.52 Å². The van der Waals surface area contributed by atoms with Gasteiger partial charge < -0.3 is 4.98 Å². The molecule has 2 aromatic rings. The van der Waals surface area contributed by atoms with Crippen molar-refractivity contribution >= 4 is 17.3 Å². The second kappa shape index (κ2) is 1.70. The molecule has 0 spiro atoms. The van der Waals surface area contributed by atoms with Gasteiger partial charge >= 0.3 is 0 Å². The van der Waals surface area contributed by atoms with Crippen LogP contribution in [0, 0.1) is 0 Å². The summed E-state index contributed by atoms with van der Waals surface area (Å²) in [5, 5.41) is 6.46. The van der Waals surface area contributed by atoms with E-state index in [1.54, 1.807) is 12.3 Å². The molecule has 0 aromatic carbocycles. The molecule has 2 rings (SSSR count). The van der Waals surface area contributed by atoms with Crippen molar-refractivity contribution in [3.8, 4) is 0 Å². The van der Waals surface area contributed by atoms with Gasteiger partial charge in [-0.1, -0.05) is 0 Å². The standard InChI is InChI=1S/C6H5N3O/c10-3-5-6-4(8-9-5)1-2-7-6/h1-3,7H,(H,8,9). The summed E-state index contributed by atoms with van der Waals surface area (Å²) in [4.78, 5) is 13.2. The molecule has 0 aliphatic heterocycles. The van der Waals surface area contributed by atoms with Gasteiger partial charge in [0.2, 0.25) is 0 Å². The Hall–Kier alpha value is -1.58. The van der Waals surface area contributed by atoms with E-state index in [2.05, 4.69) is 15.2 Å². The molecule has 0 aliphatic rings. The molecule has 0 fully saturated rings. The number of aromatic nitrogens is 3. The molecule has 0 radical (unpaired) electrons. The zero-order valence-corrected chi connectivity index (χ0v) is 5.09. The molecule has 4 heteroatoms. The Labute approximate surface area is 56.2 Å². The lowest BCUT2D eigenvalue weighted by atomic mass is 10.4. The van der Waals surface area contributed by atoms with Crippen LogP contribution in [-0.4, -0.2) is 21.5 Å². The number of aldehydes is 1. The molecule has 0 unspecified atom stereocenters. The van der Waals surface area contributed by atoms with Gasteiger partial charge in [0.1, 0.15) is 11.2 Å². The molecule has 0 amide bonds. The second-order valence-corrected chi connectivity index (χ2v) is 1.99. The molecule has 10 heavy (non-hydrogen) atoms. The Morgan fingerprint density at radius 3 is 3.30 bits per heavy atom. The van der Waals surface area contributed by atoms with Crippen LogP contribution in [-0.2, 0) is 0 Å². The van der Waals surface area contributed by atoms with Gasteiger partial charge in [-0.3, -0.25) is 9.89 Å². The molecule has 2 N–H and O–H groups in total. The third-order valence-corrected chi connectivity index (χ3v) is 1.41. The summed E-state index contributed by atoms with van der Waals surface area (Å²) in [6, 6.07) is 1.80. The Morgan fingerprint density at radius 1 is 1.60 bits per heavy atom. The maximum Gasteiger partial charge on any atom is 0.170 e. The zero-order valence-electron chi connectivity index (χ0n) is 5.09. The van der Waals surface area contributed by atoms with E-state index in [4.69, 9.17) is 0 Å². The first kappa shape index (κ1) is 5.22. The van der Waals surface area contributed by atoms with Crippen LogP contribution >= 0.6 is 0 Å². The van der Waals surface area contributed by atoms with E-state index in [-0.39, 0.29) is 0 Å². The van der Waals surface area contributed by atoms with Crippen molar-refractivity contribution < 1.29 is 4.79 Å². The monoisotopic (exact) mass is 135 g/mol. The first-order chi connectivity index (χ1) is 4.92. The molecule has 0 aliphatic carbocycles. The van der Waals surface area contributed by atoms with E-state index >= 15 is 0 Å². The third-order valence-electron chi connectivity index (χ3n) is 1.41. The lowest BCUT2D eigenvalue weighted by molar-refractivity contribution is 0.112. The van der Waals surface area contributed by atoms with Crippen molar-refractivity contribution in [2.75, 3.05) is 0 Å². The van der Waals surface area contributed by atoms with Crippen LogP contribution in [0.25, 0.3) is 11.0 Å². The molecule has 2 aromatic heterocycles. The highest BCUT2D eigenvalue weighted by atomic mass is 16.1. The molecule has 50 valence electrons. The fourth-order valence-electron chi connectivity index (χ4n) is 0.932. The number of hydrogen-bond donors (Lipinski definition) is 2. The lowest BCUT2D eigenvalue weighted by Crippen LogP contribution is -1.79. The highest BCUT2D eigenvalue weighted by Crippen LogP contribution is 2.10. The second-order valence-electron chi connectivity index (χ2n) is 1.99. The van der Waals surface area contributed by atoms with E-state index < -0.39 is 0 Å². The number of nitrogens with one attached hydrogen (secondary N) is 2. The van der Waals surface area contributed by atoms with Crippen LogP contribution < -0.4 is 0 Å². The molecule has 0 saturated heterocycles. The fraction of sp³-hybridized carbons (Fsp3) is 0. The largest absolute Gasteiger partial charge is 0.358 e. The minimum Gasteiger partial charge on any atom is -0.358 e. The first-order valence-electron chi connectivity index (χ1n) is 2.88. The predicted molar refractivity (Wildman–Crippen MR) is 35.8 cm³/mol. The van der Waals surface area contributed by atoms with E-state index in [1.807, 2.05) is 0 Å². The summed E-state index contributed by atoms with van der Waals surface area (Å²) >= 11 is 0. The van der Waals surface area contributed by atoms with Crippen LogP contribution in [0.15, 0.2) is 12.3 Å². The molecule has 0 bridgehead atoms. The average molecular weight is 135 g/mol. The quantitative estimate of drug-likeness (QED) is 0.565. The van der Waals surface area contributed by atoms with Crippen molar-refractivity contribution in [3.05, 3.63) is 18.0 Å². The van der Waals surface area contributed by atoms with E-state index in [0.717, 1.165) is 17.3 Å². The van der Waals surface area contributed by atoms with Gasteiger partial charge in [0.25, 0.3) is 0 Å². The highest BCUT2D eigenvalue weighted by molar-refractivity contribution is 5.92. The summed E-state index contributed by atoms with van der Waals surface area (Å²) < 4.78 is 0. The maximum atomic E-state index is 10.3. The SMILES string of the molecule is O=Cc1[nH]nc2cc[nH]c12. The van der Waals surface area contributed by atoms with Crippen LogP contribution in [0.1, 0.15) is 10.5 Å². The predicted octanol–water partition coefficient (Wildman–Crippen LogP) is 0.703. The van der Waals surface area contributed by atoms with Crippen LogP contribution in [0.3, 0.4) is 0 Å². The molecule has 0 atom stereocenters. The minimum atomic E-state index is 0.500.